The van der Waals surface area contributed by atoms with Crippen LogP contribution in [-0.4, -0.2) is 9.78 Å². The van der Waals surface area contributed by atoms with E-state index >= 15 is 0 Å². The van der Waals surface area contributed by atoms with E-state index in [1.807, 2.05) is 22.6 Å². The Bertz CT molecular complexity index is 660. The summed E-state index contributed by atoms with van der Waals surface area (Å²) in [4.78, 5) is 11.6. The first-order valence-electron chi connectivity index (χ1n) is 4.84. The van der Waals surface area contributed by atoms with Gasteiger partial charge in [-0.05, 0) is 50.7 Å². The molecule has 0 N–H and O–H groups in total. The van der Waals surface area contributed by atoms with Crippen LogP contribution < -0.4 is 5.56 Å². The Kier molecular flexibility index (Phi) is 4.10. The van der Waals surface area contributed by atoms with E-state index in [9.17, 15) is 13.6 Å². The second-order valence-electron chi connectivity index (χ2n) is 3.49. The van der Waals surface area contributed by atoms with Crippen LogP contribution >= 0.6 is 38.5 Å². The number of rotatable bonds is 2. The van der Waals surface area contributed by atoms with Crippen LogP contribution in [0.25, 0.3) is 0 Å². The molecule has 7 heteroatoms. The van der Waals surface area contributed by atoms with Crippen molar-refractivity contribution in [2.24, 2.45) is 0 Å². The Morgan fingerprint density at radius 3 is 2.78 bits per heavy atom. The maximum absolute atomic E-state index is 13.7. The Morgan fingerprint density at radius 2 is 2.11 bits per heavy atom. The van der Waals surface area contributed by atoms with Crippen molar-refractivity contribution >= 4 is 38.5 Å². The molecule has 2 rings (SSSR count). The van der Waals surface area contributed by atoms with E-state index in [1.54, 1.807) is 0 Å². The largest absolute Gasteiger partial charge is 0.268 e. The van der Waals surface area contributed by atoms with Crippen LogP contribution in [0.3, 0.4) is 0 Å². The predicted molar refractivity (Wildman–Crippen MR) is 74.4 cm³/mol. The fourth-order valence-corrected chi connectivity index (χ4v) is 2.16. The maximum atomic E-state index is 13.7. The second-order valence-corrected chi connectivity index (χ2v) is 5.59. The quantitative estimate of drug-likeness (QED) is 0.546. The van der Waals surface area contributed by atoms with Gasteiger partial charge in [-0.1, -0.05) is 0 Å². The van der Waals surface area contributed by atoms with Gasteiger partial charge in [-0.25, -0.2) is 13.5 Å². The van der Waals surface area contributed by atoms with Crippen LogP contribution in [0.2, 0.25) is 0 Å². The Hall–Kier alpha value is -0.830. The molecule has 0 radical (unpaired) electrons. The molecule has 2 aromatic rings. The van der Waals surface area contributed by atoms with Gasteiger partial charge in [0.2, 0.25) is 0 Å². The third-order valence-corrected chi connectivity index (χ3v) is 3.49. The van der Waals surface area contributed by atoms with E-state index in [0.29, 0.717) is 3.57 Å². The summed E-state index contributed by atoms with van der Waals surface area (Å²) in [7, 11) is 0. The molecule has 0 aliphatic carbocycles. The molecule has 0 bridgehead atoms. The highest BCUT2D eigenvalue weighted by molar-refractivity contribution is 14.1. The third-order valence-electron chi connectivity index (χ3n) is 2.28. The fourth-order valence-electron chi connectivity index (χ4n) is 1.39. The van der Waals surface area contributed by atoms with E-state index in [0.717, 1.165) is 10.7 Å². The second kappa shape index (κ2) is 5.43. The molecule has 3 nitrogen and oxygen atoms in total. The van der Waals surface area contributed by atoms with Crippen molar-refractivity contribution in [3.63, 3.8) is 0 Å². The van der Waals surface area contributed by atoms with Crippen molar-refractivity contribution in [3.8, 4) is 0 Å². The highest BCUT2D eigenvalue weighted by Gasteiger charge is 2.13. The van der Waals surface area contributed by atoms with Gasteiger partial charge in [0.15, 0.2) is 0 Å². The lowest BCUT2D eigenvalue weighted by Crippen LogP contribution is -2.23. The normalized spacial score (nSPS) is 10.7. The number of nitrogens with zero attached hydrogens (tertiary/aromatic N) is 2. The molecule has 0 fully saturated rings. The summed E-state index contributed by atoms with van der Waals surface area (Å²) >= 11 is 4.91. The van der Waals surface area contributed by atoms with Gasteiger partial charge in [0.1, 0.15) is 11.6 Å². The van der Waals surface area contributed by atoms with E-state index in [1.165, 1.54) is 18.3 Å². The van der Waals surface area contributed by atoms with Gasteiger partial charge in [0.25, 0.3) is 5.56 Å². The van der Waals surface area contributed by atoms with Crippen LogP contribution in [0.15, 0.2) is 33.7 Å². The van der Waals surface area contributed by atoms with E-state index in [4.69, 9.17) is 0 Å². The zero-order valence-corrected chi connectivity index (χ0v) is 12.6. The summed E-state index contributed by atoms with van der Waals surface area (Å²) in [5, 5.41) is 3.83. The van der Waals surface area contributed by atoms with Crippen LogP contribution in [-0.2, 0) is 6.54 Å². The molecular formula is C11H6BrF2IN2O. The minimum Gasteiger partial charge on any atom is -0.268 e. The van der Waals surface area contributed by atoms with Gasteiger partial charge in [-0.15, -0.1) is 0 Å². The van der Waals surface area contributed by atoms with Crippen LogP contribution in [0.4, 0.5) is 8.78 Å². The standard InChI is InChI=1S/C11H6BrF2IN2O/c12-8-1-2-9(13)7(11(8)14)5-17-10(18)3-6(15)4-16-17/h1-4H,5H2. The van der Waals surface area contributed by atoms with Gasteiger partial charge in [-0.2, -0.15) is 5.10 Å². The molecule has 0 atom stereocenters. The van der Waals surface area contributed by atoms with E-state index in [2.05, 4.69) is 21.0 Å². The molecule has 18 heavy (non-hydrogen) atoms. The number of halogens is 4. The van der Waals surface area contributed by atoms with Crippen molar-refractivity contribution in [2.45, 2.75) is 6.54 Å². The molecule has 1 aromatic carbocycles. The van der Waals surface area contributed by atoms with Crippen molar-refractivity contribution in [3.05, 3.63) is 60.0 Å². The molecule has 0 saturated carbocycles. The van der Waals surface area contributed by atoms with Gasteiger partial charge in [0.05, 0.1) is 17.2 Å². The first-order valence-corrected chi connectivity index (χ1v) is 6.71. The lowest BCUT2D eigenvalue weighted by Gasteiger charge is -2.08. The summed E-state index contributed by atoms with van der Waals surface area (Å²) in [5.41, 5.74) is -0.596. The fraction of sp³-hybridized carbons (Fsp3) is 0.0909. The molecule has 94 valence electrons. The summed E-state index contributed by atoms with van der Waals surface area (Å²) < 4.78 is 29.1. The first-order chi connectivity index (χ1) is 8.49. The molecule has 0 spiro atoms. The van der Waals surface area contributed by atoms with Crippen LogP contribution in [0.1, 0.15) is 5.56 Å². The molecule has 1 heterocycles. The topological polar surface area (TPSA) is 34.9 Å². The Balaban J connectivity index is 2.46. The Morgan fingerprint density at radius 1 is 1.39 bits per heavy atom. The van der Waals surface area contributed by atoms with Crippen LogP contribution in [0, 0.1) is 15.2 Å². The highest BCUT2D eigenvalue weighted by atomic mass is 127. The lowest BCUT2D eigenvalue weighted by molar-refractivity contribution is 0.520. The molecule has 0 aliphatic rings. The van der Waals surface area contributed by atoms with Crippen LogP contribution in [0.5, 0.6) is 0 Å². The predicted octanol–water partition coefficient (Wildman–Crippen LogP) is 2.94. The molecule has 0 saturated heterocycles. The van der Waals surface area contributed by atoms with Gasteiger partial charge >= 0.3 is 0 Å². The minimum atomic E-state index is -0.720. The summed E-state index contributed by atoms with van der Waals surface area (Å²) in [6, 6.07) is 3.76. The summed E-state index contributed by atoms with van der Waals surface area (Å²) in [6.07, 6.45) is 1.45. The zero-order valence-electron chi connectivity index (χ0n) is 8.83. The van der Waals surface area contributed by atoms with Crippen molar-refractivity contribution < 1.29 is 8.78 Å². The molecule has 1 aromatic heterocycles. The molecule has 0 unspecified atom stereocenters. The van der Waals surface area contributed by atoms with Crippen molar-refractivity contribution in [1.29, 1.82) is 0 Å². The number of hydrogen-bond acceptors (Lipinski definition) is 2. The summed E-state index contributed by atoms with van der Waals surface area (Å²) in [5.74, 6) is -1.43. The van der Waals surface area contributed by atoms with E-state index in [-0.39, 0.29) is 16.6 Å². The molecule has 0 aliphatic heterocycles. The van der Waals surface area contributed by atoms with Gasteiger partial charge in [-0.3, -0.25) is 4.79 Å². The summed E-state index contributed by atoms with van der Waals surface area (Å²) in [6.45, 7) is -0.243. The lowest BCUT2D eigenvalue weighted by atomic mass is 10.2. The van der Waals surface area contributed by atoms with Crippen molar-refractivity contribution in [1.82, 2.24) is 9.78 Å². The number of aromatic nitrogens is 2. The Labute approximate surface area is 123 Å². The maximum Gasteiger partial charge on any atom is 0.268 e. The smallest absolute Gasteiger partial charge is 0.268 e. The number of benzene rings is 1. The van der Waals surface area contributed by atoms with Crippen molar-refractivity contribution in [2.75, 3.05) is 0 Å². The zero-order chi connectivity index (χ0) is 13.3. The minimum absolute atomic E-state index is 0.150. The molecule has 0 amide bonds. The first kappa shape index (κ1) is 13.6. The van der Waals surface area contributed by atoms with Gasteiger partial charge < -0.3 is 0 Å². The average Bonchev–Trinajstić information content (AvgIpc) is 2.32. The molecular weight excluding hydrogens is 421 g/mol. The third kappa shape index (κ3) is 2.77. The monoisotopic (exact) mass is 426 g/mol. The number of hydrogen-bond donors (Lipinski definition) is 0. The van der Waals surface area contributed by atoms with Gasteiger partial charge in [0, 0.05) is 15.2 Å². The highest BCUT2D eigenvalue weighted by Crippen LogP contribution is 2.21. The SMILES string of the molecule is O=c1cc(I)cnn1Cc1c(F)ccc(Br)c1F. The van der Waals surface area contributed by atoms with E-state index < -0.39 is 17.2 Å². The average molecular weight is 427 g/mol.